The van der Waals surface area contributed by atoms with Crippen molar-refractivity contribution >= 4 is 29.9 Å². The minimum Gasteiger partial charge on any atom is -0.496 e. The number of benzene rings is 2. The van der Waals surface area contributed by atoms with Gasteiger partial charge in [-0.05, 0) is 58.6 Å². The molecule has 0 aliphatic rings. The number of guanidine groups is 1. The van der Waals surface area contributed by atoms with Gasteiger partial charge in [-0.15, -0.1) is 24.0 Å². The summed E-state index contributed by atoms with van der Waals surface area (Å²) in [5, 5.41) is 6.72. The second kappa shape index (κ2) is 12.7. The number of halogens is 2. The van der Waals surface area contributed by atoms with Gasteiger partial charge in [-0.3, -0.25) is 0 Å². The zero-order valence-corrected chi connectivity index (χ0v) is 21.1. The first-order chi connectivity index (χ1) is 13.8. The van der Waals surface area contributed by atoms with Gasteiger partial charge in [0.1, 0.15) is 11.6 Å². The minimum absolute atomic E-state index is 0. The van der Waals surface area contributed by atoms with Gasteiger partial charge >= 0.3 is 0 Å². The minimum atomic E-state index is -0.184. The zero-order chi connectivity index (χ0) is 21.4. The van der Waals surface area contributed by atoms with E-state index in [4.69, 9.17) is 9.73 Å². The normalized spacial score (nSPS) is 12.3. The third-order valence-electron chi connectivity index (χ3n) is 4.57. The van der Waals surface area contributed by atoms with Gasteiger partial charge in [0, 0.05) is 24.2 Å². The topological polar surface area (TPSA) is 48.9 Å². The lowest BCUT2D eigenvalue weighted by Gasteiger charge is -2.20. The molecule has 1 atom stereocenters. The lowest BCUT2D eigenvalue weighted by molar-refractivity contribution is 0.392. The first kappa shape index (κ1) is 26.2. The predicted octanol–water partition coefficient (Wildman–Crippen LogP) is 4.64. The Kier molecular flexibility index (Phi) is 11.1. The Balaban J connectivity index is 0.00000450. The number of aliphatic imine (C=N–C) groups is 1. The van der Waals surface area contributed by atoms with Crippen molar-refractivity contribution in [3.8, 4) is 5.75 Å². The van der Waals surface area contributed by atoms with Gasteiger partial charge in [-0.25, -0.2) is 9.38 Å². The number of aryl methyl sites for hydroxylation is 1. The quantitative estimate of drug-likeness (QED) is 0.298. The van der Waals surface area contributed by atoms with Crippen LogP contribution >= 0.6 is 24.0 Å². The number of ether oxygens (including phenoxy) is 1. The molecular formula is C23H34FIN4O. The van der Waals surface area contributed by atoms with E-state index in [0.717, 1.165) is 23.4 Å². The largest absolute Gasteiger partial charge is 0.496 e. The Bertz CT molecular complexity index is 842. The smallest absolute Gasteiger partial charge is 0.192 e. The number of hydrogen-bond donors (Lipinski definition) is 2. The van der Waals surface area contributed by atoms with E-state index in [1.54, 1.807) is 13.2 Å². The predicted molar refractivity (Wildman–Crippen MR) is 133 cm³/mol. The molecule has 5 nitrogen and oxygen atoms in total. The molecule has 30 heavy (non-hydrogen) atoms. The van der Waals surface area contributed by atoms with Crippen LogP contribution in [-0.4, -0.2) is 38.6 Å². The summed E-state index contributed by atoms with van der Waals surface area (Å²) in [7, 11) is 5.54. The Morgan fingerprint density at radius 1 is 1.20 bits per heavy atom. The van der Waals surface area contributed by atoms with Crippen molar-refractivity contribution < 1.29 is 9.13 Å². The van der Waals surface area contributed by atoms with E-state index in [9.17, 15) is 4.39 Å². The maximum absolute atomic E-state index is 14.0. The van der Waals surface area contributed by atoms with Crippen molar-refractivity contribution in [3.05, 3.63) is 64.5 Å². The zero-order valence-electron chi connectivity index (χ0n) is 18.8. The summed E-state index contributed by atoms with van der Waals surface area (Å²) in [6.45, 7) is 7.95. The molecule has 0 heterocycles. The van der Waals surface area contributed by atoms with Crippen LogP contribution in [0, 0.1) is 12.7 Å². The highest BCUT2D eigenvalue weighted by molar-refractivity contribution is 14.0. The van der Waals surface area contributed by atoms with Crippen molar-refractivity contribution in [3.63, 3.8) is 0 Å². The molecule has 1 unspecified atom stereocenters. The fourth-order valence-electron chi connectivity index (χ4n) is 3.15. The molecule has 0 aliphatic carbocycles. The van der Waals surface area contributed by atoms with Gasteiger partial charge in [-0.1, -0.05) is 23.8 Å². The summed E-state index contributed by atoms with van der Waals surface area (Å²) in [6, 6.07) is 11.3. The Labute approximate surface area is 197 Å². The molecule has 0 aliphatic heterocycles. The van der Waals surface area contributed by atoms with Gasteiger partial charge in [-0.2, -0.15) is 0 Å². The second-order valence-electron chi connectivity index (χ2n) is 7.47. The lowest BCUT2D eigenvalue weighted by Crippen LogP contribution is -2.38. The van der Waals surface area contributed by atoms with Crippen molar-refractivity contribution in [2.24, 2.45) is 4.99 Å². The molecule has 0 radical (unpaired) electrons. The first-order valence-electron chi connectivity index (χ1n) is 9.95. The van der Waals surface area contributed by atoms with Crippen LogP contribution in [0.3, 0.4) is 0 Å². The summed E-state index contributed by atoms with van der Waals surface area (Å²) >= 11 is 0. The first-order valence-corrected chi connectivity index (χ1v) is 9.95. The number of methoxy groups -OCH3 is 1. The molecule has 166 valence electrons. The highest BCUT2D eigenvalue weighted by atomic mass is 127. The van der Waals surface area contributed by atoms with E-state index in [2.05, 4.69) is 30.5 Å². The van der Waals surface area contributed by atoms with Gasteiger partial charge in [0.05, 0.1) is 19.7 Å². The van der Waals surface area contributed by atoms with Crippen molar-refractivity contribution in [2.75, 3.05) is 27.7 Å². The highest BCUT2D eigenvalue weighted by Gasteiger charge is 2.13. The molecule has 0 saturated heterocycles. The Morgan fingerprint density at radius 2 is 1.93 bits per heavy atom. The van der Waals surface area contributed by atoms with E-state index in [-0.39, 0.29) is 35.8 Å². The van der Waals surface area contributed by atoms with Crippen molar-refractivity contribution in [1.29, 1.82) is 0 Å². The fourth-order valence-corrected chi connectivity index (χ4v) is 3.15. The van der Waals surface area contributed by atoms with E-state index < -0.39 is 0 Å². The Hall–Kier alpha value is -1.87. The monoisotopic (exact) mass is 528 g/mol. The van der Waals surface area contributed by atoms with E-state index in [1.165, 1.54) is 11.6 Å². The lowest BCUT2D eigenvalue weighted by atomic mass is 10.0. The number of hydrogen-bond acceptors (Lipinski definition) is 3. The van der Waals surface area contributed by atoms with Crippen molar-refractivity contribution in [1.82, 2.24) is 15.5 Å². The second-order valence-corrected chi connectivity index (χ2v) is 7.47. The Morgan fingerprint density at radius 3 is 2.57 bits per heavy atom. The van der Waals surface area contributed by atoms with E-state index in [1.807, 2.05) is 44.1 Å². The van der Waals surface area contributed by atoms with Crippen LogP contribution in [0.1, 0.15) is 42.1 Å². The fraction of sp³-hybridized carbons (Fsp3) is 0.435. The molecule has 0 aromatic heterocycles. The molecule has 2 N–H and O–H groups in total. The molecule has 0 bridgehead atoms. The summed E-state index contributed by atoms with van der Waals surface area (Å²) < 4.78 is 19.5. The van der Waals surface area contributed by atoms with Crippen LogP contribution in [0.25, 0.3) is 0 Å². The molecule has 0 amide bonds. The molecule has 0 saturated carbocycles. The van der Waals surface area contributed by atoms with Crippen LogP contribution in [0.15, 0.2) is 41.4 Å². The summed E-state index contributed by atoms with van der Waals surface area (Å²) in [6.07, 6.45) is 0. The van der Waals surface area contributed by atoms with Crippen LogP contribution in [0.4, 0.5) is 4.39 Å². The van der Waals surface area contributed by atoms with Crippen LogP contribution in [0.5, 0.6) is 5.75 Å². The van der Waals surface area contributed by atoms with Crippen LogP contribution in [-0.2, 0) is 13.1 Å². The van der Waals surface area contributed by atoms with E-state index >= 15 is 0 Å². The maximum atomic E-state index is 14.0. The molecular weight excluding hydrogens is 494 g/mol. The van der Waals surface area contributed by atoms with Gasteiger partial charge in [0.15, 0.2) is 5.96 Å². The van der Waals surface area contributed by atoms with Crippen molar-refractivity contribution in [2.45, 2.75) is 39.9 Å². The summed E-state index contributed by atoms with van der Waals surface area (Å²) in [5.74, 6) is 1.37. The third-order valence-corrected chi connectivity index (χ3v) is 4.57. The summed E-state index contributed by atoms with van der Waals surface area (Å²) in [4.78, 5) is 6.65. The van der Waals surface area contributed by atoms with Crippen LogP contribution < -0.4 is 15.4 Å². The molecule has 0 spiro atoms. The molecule has 2 aromatic rings. The highest BCUT2D eigenvalue weighted by Crippen LogP contribution is 2.26. The summed E-state index contributed by atoms with van der Waals surface area (Å²) in [5.41, 5.74) is 3.91. The van der Waals surface area contributed by atoms with Gasteiger partial charge in [0.25, 0.3) is 0 Å². The third kappa shape index (κ3) is 7.75. The standard InChI is InChI=1S/C23H33FN4O.HI/c1-7-25-23(27-17(3)20-12-16(2)8-11-22(20)29-6)26-14-18-9-10-21(24)19(13-18)15-28(4)5;/h8-13,17H,7,14-15H2,1-6H3,(H2,25,26,27);1H. The van der Waals surface area contributed by atoms with Gasteiger partial charge < -0.3 is 20.3 Å². The number of nitrogens with zero attached hydrogens (tertiary/aromatic N) is 2. The number of nitrogens with one attached hydrogen (secondary N) is 2. The average Bonchev–Trinajstić information content (AvgIpc) is 2.68. The maximum Gasteiger partial charge on any atom is 0.192 e. The molecule has 7 heteroatoms. The molecule has 0 fully saturated rings. The van der Waals surface area contributed by atoms with Crippen LogP contribution in [0.2, 0.25) is 0 Å². The molecule has 2 rings (SSSR count). The average molecular weight is 528 g/mol. The van der Waals surface area contributed by atoms with E-state index in [0.29, 0.717) is 24.6 Å². The molecule has 2 aromatic carbocycles. The number of rotatable bonds is 8. The SMILES string of the molecule is CCNC(=NCc1ccc(F)c(CN(C)C)c1)NC(C)c1cc(C)ccc1OC.I. The van der Waals surface area contributed by atoms with Gasteiger partial charge in [0.2, 0.25) is 0 Å².